The van der Waals surface area contributed by atoms with E-state index in [9.17, 15) is 9.59 Å². The largest absolute Gasteiger partial charge is 0.378 e. The van der Waals surface area contributed by atoms with Crippen LogP contribution in [-0.2, 0) is 20.8 Å². The lowest BCUT2D eigenvalue weighted by molar-refractivity contribution is -0.164. The summed E-state index contributed by atoms with van der Waals surface area (Å²) in [6, 6.07) is 7.76. The Morgan fingerprint density at radius 3 is 2.82 bits per heavy atom. The quantitative estimate of drug-likeness (QED) is 0.788. The molecule has 7 nitrogen and oxygen atoms in total. The van der Waals surface area contributed by atoms with Crippen molar-refractivity contribution in [2.45, 2.75) is 31.0 Å². The highest BCUT2D eigenvalue weighted by Gasteiger charge is 2.49. The number of rotatable bonds is 4. The molecule has 3 aliphatic rings. The van der Waals surface area contributed by atoms with Crippen LogP contribution in [0.4, 0.5) is 0 Å². The van der Waals surface area contributed by atoms with Gasteiger partial charge in [-0.3, -0.25) is 14.5 Å². The predicted molar refractivity (Wildman–Crippen MR) is 104 cm³/mol. The molecule has 0 aliphatic carbocycles. The molecule has 3 aliphatic heterocycles. The lowest BCUT2D eigenvalue weighted by Gasteiger charge is -2.52. The van der Waals surface area contributed by atoms with Crippen molar-refractivity contribution in [3.63, 3.8) is 0 Å². The molecular weight excluding hydrogens is 358 g/mol. The van der Waals surface area contributed by atoms with E-state index < -0.39 is 0 Å². The molecule has 0 radical (unpaired) electrons. The van der Waals surface area contributed by atoms with Gasteiger partial charge in [-0.15, -0.1) is 0 Å². The Bertz CT molecular complexity index is 747. The van der Waals surface area contributed by atoms with Gasteiger partial charge in [0.2, 0.25) is 5.91 Å². The van der Waals surface area contributed by atoms with Crippen LogP contribution in [0.2, 0.25) is 0 Å². The zero-order valence-corrected chi connectivity index (χ0v) is 16.1. The monoisotopic (exact) mass is 385 g/mol. The fourth-order valence-corrected chi connectivity index (χ4v) is 4.49. The van der Waals surface area contributed by atoms with Crippen LogP contribution in [0.15, 0.2) is 36.9 Å². The van der Waals surface area contributed by atoms with Crippen molar-refractivity contribution in [1.82, 2.24) is 15.1 Å². The van der Waals surface area contributed by atoms with Crippen molar-refractivity contribution < 1.29 is 19.1 Å². The maximum atomic E-state index is 13.0. The predicted octanol–water partition coefficient (Wildman–Crippen LogP) is 1.15. The van der Waals surface area contributed by atoms with Gasteiger partial charge in [-0.25, -0.2) is 0 Å². The zero-order chi connectivity index (χ0) is 19.6. The number of morpholine rings is 1. The van der Waals surface area contributed by atoms with Crippen molar-refractivity contribution in [3.05, 3.63) is 48.0 Å². The molecule has 0 aromatic heterocycles. The van der Waals surface area contributed by atoms with Crippen molar-refractivity contribution in [2.75, 3.05) is 39.6 Å². The van der Waals surface area contributed by atoms with Gasteiger partial charge in [-0.05, 0) is 43.2 Å². The highest BCUT2D eigenvalue weighted by atomic mass is 16.5. The van der Waals surface area contributed by atoms with Crippen LogP contribution in [0, 0.1) is 0 Å². The van der Waals surface area contributed by atoms with E-state index in [2.05, 4.69) is 16.8 Å². The summed E-state index contributed by atoms with van der Waals surface area (Å²) in [6.45, 7) is 7.80. The van der Waals surface area contributed by atoms with E-state index in [0.29, 0.717) is 44.6 Å². The summed E-state index contributed by atoms with van der Waals surface area (Å²) in [7, 11) is 0. The Kier molecular flexibility index (Phi) is 5.48. The topological polar surface area (TPSA) is 71.1 Å². The first kappa shape index (κ1) is 19.1. The van der Waals surface area contributed by atoms with E-state index in [1.807, 2.05) is 12.1 Å². The number of nitrogens with one attached hydrogen (secondary N) is 1. The third-order valence-electron chi connectivity index (χ3n) is 5.91. The number of carbonyl (C=O) groups is 2. The smallest absolute Gasteiger partial charge is 0.255 e. The molecule has 28 heavy (non-hydrogen) atoms. The van der Waals surface area contributed by atoms with Crippen molar-refractivity contribution in [3.8, 4) is 0 Å². The second-order valence-electron chi connectivity index (χ2n) is 7.83. The maximum absolute atomic E-state index is 13.0. The molecule has 7 heteroatoms. The Balaban J connectivity index is 1.43. The molecule has 150 valence electrons. The molecule has 0 saturated carbocycles. The molecule has 2 amide bonds. The molecule has 0 bridgehead atoms. The second-order valence-corrected chi connectivity index (χ2v) is 7.83. The summed E-state index contributed by atoms with van der Waals surface area (Å²) in [5, 5.41) is 2.73. The third kappa shape index (κ3) is 3.70. The summed E-state index contributed by atoms with van der Waals surface area (Å²) in [4.78, 5) is 28.6. The van der Waals surface area contributed by atoms with E-state index in [1.54, 1.807) is 17.0 Å². The van der Waals surface area contributed by atoms with Gasteiger partial charge >= 0.3 is 0 Å². The first-order valence-electron chi connectivity index (χ1n) is 9.82. The van der Waals surface area contributed by atoms with Gasteiger partial charge in [-0.1, -0.05) is 18.7 Å². The molecule has 1 N–H and O–H groups in total. The lowest BCUT2D eigenvalue weighted by atomic mass is 9.94. The first-order chi connectivity index (χ1) is 13.6. The number of carbonyl (C=O) groups excluding carboxylic acids is 2. The van der Waals surface area contributed by atoms with Gasteiger partial charge in [0.15, 0.2) is 0 Å². The number of fused-ring (bicyclic) bond motifs is 2. The molecule has 3 heterocycles. The molecule has 1 spiro atoms. The minimum absolute atomic E-state index is 0.0397. The van der Waals surface area contributed by atoms with E-state index in [0.717, 1.165) is 25.1 Å². The van der Waals surface area contributed by atoms with Crippen molar-refractivity contribution in [2.24, 2.45) is 0 Å². The summed E-state index contributed by atoms with van der Waals surface area (Å²) in [5.41, 5.74) is 1.32. The molecule has 2 atom stereocenters. The SMILES string of the molecule is C=CC(=O)NCc1ccc(C(=O)N2COC[C@]3(COC[C@H]4CCCN43)C2)cc1. The minimum Gasteiger partial charge on any atom is -0.378 e. The molecule has 1 aromatic rings. The van der Waals surface area contributed by atoms with Crippen LogP contribution < -0.4 is 5.32 Å². The number of hydrogen-bond acceptors (Lipinski definition) is 5. The van der Waals surface area contributed by atoms with E-state index in [-0.39, 0.29) is 17.4 Å². The Labute approximate surface area is 165 Å². The Morgan fingerprint density at radius 1 is 1.25 bits per heavy atom. The molecule has 0 unspecified atom stereocenters. The van der Waals surface area contributed by atoms with Gasteiger partial charge in [0.1, 0.15) is 6.73 Å². The molecule has 1 aromatic carbocycles. The minimum atomic E-state index is -0.234. The first-order valence-corrected chi connectivity index (χ1v) is 9.82. The van der Waals surface area contributed by atoms with Crippen LogP contribution in [0.1, 0.15) is 28.8 Å². The number of benzene rings is 1. The van der Waals surface area contributed by atoms with Crippen LogP contribution in [0.5, 0.6) is 0 Å². The second kappa shape index (κ2) is 8.03. The normalized spacial score (nSPS) is 27.4. The zero-order valence-electron chi connectivity index (χ0n) is 16.1. The Morgan fingerprint density at radius 2 is 2.04 bits per heavy atom. The average molecular weight is 385 g/mol. The highest BCUT2D eigenvalue weighted by molar-refractivity contribution is 5.94. The highest BCUT2D eigenvalue weighted by Crippen LogP contribution is 2.34. The number of ether oxygens (including phenoxy) is 2. The summed E-state index contributed by atoms with van der Waals surface area (Å²) >= 11 is 0. The van der Waals surface area contributed by atoms with Gasteiger partial charge in [0, 0.05) is 24.7 Å². The van der Waals surface area contributed by atoms with E-state index in [1.165, 1.54) is 12.5 Å². The van der Waals surface area contributed by atoms with Crippen LogP contribution >= 0.6 is 0 Å². The fourth-order valence-electron chi connectivity index (χ4n) is 4.49. The molecule has 3 saturated heterocycles. The third-order valence-corrected chi connectivity index (χ3v) is 5.91. The fraction of sp³-hybridized carbons (Fsp3) is 0.524. The van der Waals surface area contributed by atoms with Crippen LogP contribution in [0.3, 0.4) is 0 Å². The number of nitrogens with zero attached hydrogens (tertiary/aromatic N) is 2. The van der Waals surface area contributed by atoms with Crippen molar-refractivity contribution >= 4 is 11.8 Å². The van der Waals surface area contributed by atoms with Crippen LogP contribution in [-0.4, -0.2) is 72.8 Å². The molecule has 4 rings (SSSR count). The van der Waals surface area contributed by atoms with Gasteiger partial charge in [0.05, 0.1) is 25.4 Å². The lowest BCUT2D eigenvalue weighted by Crippen LogP contribution is -2.69. The standard InChI is InChI=1S/C21H27N3O4/c1-2-19(25)22-10-16-5-7-17(8-6-16)20(26)23-12-21(14-28-15-23)13-27-11-18-4-3-9-24(18)21/h2,5-8,18H,1,3-4,9-15H2,(H,22,25)/t18-,21-/m1/s1. The van der Waals surface area contributed by atoms with Gasteiger partial charge < -0.3 is 19.7 Å². The Hall–Kier alpha value is -2.22. The van der Waals surface area contributed by atoms with E-state index >= 15 is 0 Å². The van der Waals surface area contributed by atoms with Crippen LogP contribution in [0.25, 0.3) is 0 Å². The summed E-state index contributed by atoms with van der Waals surface area (Å²) < 4.78 is 11.7. The van der Waals surface area contributed by atoms with Gasteiger partial charge in [0.25, 0.3) is 5.91 Å². The summed E-state index contributed by atoms with van der Waals surface area (Å²) in [6.07, 6.45) is 3.57. The van der Waals surface area contributed by atoms with Crippen molar-refractivity contribution in [1.29, 1.82) is 0 Å². The van der Waals surface area contributed by atoms with E-state index in [4.69, 9.17) is 9.47 Å². The molecule has 3 fully saturated rings. The van der Waals surface area contributed by atoms with Gasteiger partial charge in [-0.2, -0.15) is 0 Å². The average Bonchev–Trinajstić information content (AvgIpc) is 3.22. The molecular formula is C21H27N3O4. The maximum Gasteiger partial charge on any atom is 0.255 e. The number of hydrogen-bond donors (Lipinski definition) is 1. The summed E-state index contributed by atoms with van der Waals surface area (Å²) in [5.74, 6) is -0.257. The number of amides is 2.